The smallest absolute Gasteiger partial charge is 0.327 e. The molecule has 0 bridgehead atoms. The molecule has 1 atom stereocenters. The molecule has 0 aromatic heterocycles. The van der Waals surface area contributed by atoms with Crippen LogP contribution in [0.1, 0.15) is 18.0 Å². The van der Waals surface area contributed by atoms with Crippen molar-refractivity contribution in [3.63, 3.8) is 0 Å². The van der Waals surface area contributed by atoms with Crippen molar-refractivity contribution in [1.29, 1.82) is 0 Å². The number of rotatable bonds is 3. The highest BCUT2D eigenvalue weighted by Gasteiger charge is 2.31. The van der Waals surface area contributed by atoms with Crippen LogP contribution in [0.25, 0.3) is 0 Å². The van der Waals surface area contributed by atoms with Crippen LogP contribution < -0.4 is 5.32 Å². The first-order valence-electron chi connectivity index (χ1n) is 6.61. The van der Waals surface area contributed by atoms with E-state index in [0.29, 0.717) is 15.6 Å². The van der Waals surface area contributed by atoms with Gasteiger partial charge in [-0.15, -0.1) is 0 Å². The van der Waals surface area contributed by atoms with Gasteiger partial charge in [-0.2, -0.15) is 0 Å². The summed E-state index contributed by atoms with van der Waals surface area (Å²) < 4.78 is 4.95. The molecule has 1 unspecified atom stereocenters. The Morgan fingerprint density at radius 1 is 1.35 bits per heavy atom. The number of hydrogen-bond acceptors (Lipinski definition) is 4. The van der Waals surface area contributed by atoms with Crippen molar-refractivity contribution in [1.82, 2.24) is 10.2 Å². The summed E-state index contributed by atoms with van der Waals surface area (Å²) in [7, 11) is 1.39. The van der Waals surface area contributed by atoms with Crippen LogP contribution in [0.3, 0.4) is 0 Å². The summed E-state index contributed by atoms with van der Waals surface area (Å²) in [6.45, 7) is 3.37. The van der Waals surface area contributed by atoms with E-state index in [1.165, 1.54) is 7.11 Å². The van der Waals surface area contributed by atoms with E-state index in [2.05, 4.69) is 10.2 Å². The van der Waals surface area contributed by atoms with Crippen molar-refractivity contribution in [2.45, 2.75) is 12.5 Å². The highest BCUT2D eigenvalue weighted by atomic mass is 35.5. The largest absolute Gasteiger partial charge is 0.468 e. The Kier molecular flexibility index (Phi) is 5.66. The van der Waals surface area contributed by atoms with Gasteiger partial charge >= 0.3 is 5.97 Å². The number of hydrogen-bond donors (Lipinski definition) is 1. The predicted molar refractivity (Wildman–Crippen MR) is 80.3 cm³/mol. The van der Waals surface area contributed by atoms with Crippen LogP contribution in [0.5, 0.6) is 0 Å². The van der Waals surface area contributed by atoms with E-state index in [-0.39, 0.29) is 5.97 Å². The molecule has 1 aliphatic heterocycles. The Labute approximate surface area is 129 Å². The summed E-state index contributed by atoms with van der Waals surface area (Å²) in [5.74, 6) is -0.309. The zero-order valence-corrected chi connectivity index (χ0v) is 12.9. The summed E-state index contributed by atoms with van der Waals surface area (Å²) in [5.41, 5.74) is 0.702. The third kappa shape index (κ3) is 3.44. The minimum absolute atomic E-state index is 0.309. The second-order valence-corrected chi connectivity index (χ2v) is 5.49. The van der Waals surface area contributed by atoms with Crippen molar-refractivity contribution in [3.05, 3.63) is 33.8 Å². The Morgan fingerprint density at radius 2 is 2.15 bits per heavy atom. The summed E-state index contributed by atoms with van der Waals surface area (Å²) in [6, 6.07) is 4.83. The van der Waals surface area contributed by atoms with Crippen molar-refractivity contribution in [2.75, 3.05) is 33.3 Å². The van der Waals surface area contributed by atoms with Gasteiger partial charge in [-0.25, -0.2) is 4.79 Å². The zero-order chi connectivity index (χ0) is 14.5. The number of benzene rings is 1. The van der Waals surface area contributed by atoms with Gasteiger partial charge in [0.1, 0.15) is 6.04 Å². The molecule has 1 heterocycles. The molecule has 1 aliphatic rings. The SMILES string of the molecule is COC(=O)C(c1cccc(Cl)c1Cl)N1CCCNCC1. The number of halogens is 2. The molecule has 0 saturated carbocycles. The van der Waals surface area contributed by atoms with Gasteiger partial charge < -0.3 is 10.1 Å². The minimum Gasteiger partial charge on any atom is -0.468 e. The van der Waals surface area contributed by atoms with Gasteiger partial charge in [0.25, 0.3) is 0 Å². The summed E-state index contributed by atoms with van der Waals surface area (Å²) >= 11 is 12.3. The second kappa shape index (κ2) is 7.27. The molecular weight excluding hydrogens is 299 g/mol. The standard InChI is InChI=1S/C14H18Cl2N2O2/c1-20-14(19)13(18-8-3-6-17-7-9-18)10-4-2-5-11(15)12(10)16/h2,4-5,13,17H,3,6-9H2,1H3. The maximum Gasteiger partial charge on any atom is 0.327 e. The van der Waals surface area contributed by atoms with Crippen LogP contribution in [-0.4, -0.2) is 44.2 Å². The Balaban J connectivity index is 2.36. The van der Waals surface area contributed by atoms with Crippen molar-refractivity contribution >= 4 is 29.2 Å². The second-order valence-electron chi connectivity index (χ2n) is 4.71. The Morgan fingerprint density at radius 3 is 2.90 bits per heavy atom. The van der Waals surface area contributed by atoms with Gasteiger partial charge in [-0.3, -0.25) is 4.90 Å². The quantitative estimate of drug-likeness (QED) is 0.870. The number of nitrogens with one attached hydrogen (secondary N) is 1. The van der Waals surface area contributed by atoms with Gasteiger partial charge in [0.15, 0.2) is 0 Å². The molecule has 0 spiro atoms. The average molecular weight is 317 g/mol. The molecule has 4 nitrogen and oxygen atoms in total. The van der Waals surface area contributed by atoms with Crippen molar-refractivity contribution in [3.8, 4) is 0 Å². The number of esters is 1. The van der Waals surface area contributed by atoms with E-state index in [1.54, 1.807) is 12.1 Å². The molecule has 1 N–H and O–H groups in total. The third-order valence-electron chi connectivity index (χ3n) is 3.44. The zero-order valence-electron chi connectivity index (χ0n) is 11.4. The highest BCUT2D eigenvalue weighted by molar-refractivity contribution is 6.42. The van der Waals surface area contributed by atoms with Crippen LogP contribution in [0.4, 0.5) is 0 Å². The van der Waals surface area contributed by atoms with Crippen molar-refractivity contribution in [2.24, 2.45) is 0 Å². The monoisotopic (exact) mass is 316 g/mol. The van der Waals surface area contributed by atoms with Crippen LogP contribution in [0.15, 0.2) is 18.2 Å². The molecule has 6 heteroatoms. The lowest BCUT2D eigenvalue weighted by molar-refractivity contribution is -0.147. The maximum atomic E-state index is 12.2. The fourth-order valence-corrected chi connectivity index (χ4v) is 2.85. The lowest BCUT2D eigenvalue weighted by Crippen LogP contribution is -2.37. The fraction of sp³-hybridized carbons (Fsp3) is 0.500. The fourth-order valence-electron chi connectivity index (χ4n) is 2.44. The third-order valence-corrected chi connectivity index (χ3v) is 4.27. The summed E-state index contributed by atoms with van der Waals surface area (Å²) in [6.07, 6.45) is 0.978. The highest BCUT2D eigenvalue weighted by Crippen LogP contribution is 2.33. The van der Waals surface area contributed by atoms with E-state index in [1.807, 2.05) is 6.07 Å². The van der Waals surface area contributed by atoms with Gasteiger partial charge in [0.2, 0.25) is 0 Å². The van der Waals surface area contributed by atoms with E-state index >= 15 is 0 Å². The van der Waals surface area contributed by atoms with Crippen LogP contribution in [-0.2, 0) is 9.53 Å². The maximum absolute atomic E-state index is 12.2. The molecule has 1 aromatic carbocycles. The van der Waals surface area contributed by atoms with Crippen LogP contribution >= 0.6 is 23.2 Å². The van der Waals surface area contributed by atoms with E-state index in [0.717, 1.165) is 32.6 Å². The van der Waals surface area contributed by atoms with Gasteiger partial charge in [-0.1, -0.05) is 35.3 Å². The van der Waals surface area contributed by atoms with E-state index in [9.17, 15) is 4.79 Å². The van der Waals surface area contributed by atoms with Gasteiger partial charge in [0, 0.05) is 25.2 Å². The van der Waals surface area contributed by atoms with Gasteiger partial charge in [0.05, 0.1) is 17.2 Å². The molecule has 2 rings (SSSR count). The predicted octanol–water partition coefficient (Wildman–Crippen LogP) is 2.50. The molecule has 1 aromatic rings. The lowest BCUT2D eigenvalue weighted by Gasteiger charge is -2.29. The molecule has 0 radical (unpaired) electrons. The molecule has 0 aliphatic carbocycles. The van der Waals surface area contributed by atoms with E-state index in [4.69, 9.17) is 27.9 Å². The minimum atomic E-state index is -0.508. The normalized spacial score (nSPS) is 18.4. The summed E-state index contributed by atoms with van der Waals surface area (Å²) in [4.78, 5) is 14.3. The topological polar surface area (TPSA) is 41.6 Å². The summed E-state index contributed by atoms with van der Waals surface area (Å²) in [5, 5.41) is 4.18. The Bertz CT molecular complexity index is 474. The molecule has 110 valence electrons. The number of carbonyl (C=O) groups is 1. The number of methoxy groups -OCH3 is 1. The first-order chi connectivity index (χ1) is 9.65. The number of nitrogens with zero attached hydrogens (tertiary/aromatic N) is 1. The first-order valence-corrected chi connectivity index (χ1v) is 7.37. The molecule has 1 fully saturated rings. The van der Waals surface area contributed by atoms with Gasteiger partial charge in [-0.05, 0) is 19.0 Å². The molecule has 0 amide bonds. The number of carbonyl (C=O) groups excluding carboxylic acids is 1. The van der Waals surface area contributed by atoms with Crippen molar-refractivity contribution < 1.29 is 9.53 Å². The van der Waals surface area contributed by atoms with Crippen LogP contribution in [0.2, 0.25) is 10.0 Å². The van der Waals surface area contributed by atoms with E-state index < -0.39 is 6.04 Å². The molecular formula is C14H18Cl2N2O2. The molecule has 1 saturated heterocycles. The average Bonchev–Trinajstić information content (AvgIpc) is 2.72. The first kappa shape index (κ1) is 15.6. The Hall–Kier alpha value is -0.810. The number of ether oxygens (including phenoxy) is 1. The molecule has 20 heavy (non-hydrogen) atoms. The lowest BCUT2D eigenvalue weighted by atomic mass is 10.0. The van der Waals surface area contributed by atoms with Crippen LogP contribution in [0, 0.1) is 0 Å².